The highest BCUT2D eigenvalue weighted by Crippen LogP contribution is 2.22. The fourth-order valence-electron chi connectivity index (χ4n) is 2.30. The molecule has 2 rings (SSSR count). The Balaban J connectivity index is 1.96. The molecule has 2 heterocycles. The van der Waals surface area contributed by atoms with Gasteiger partial charge in [0.05, 0.1) is 19.2 Å². The Morgan fingerprint density at radius 1 is 1.56 bits per heavy atom. The van der Waals surface area contributed by atoms with Crippen LogP contribution in [0.2, 0.25) is 0 Å². The standard InChI is InChI=1S/C12H17NO3/c14-12(15)8-10-4-1-2-6-13(10)9-11-5-3-7-16-11/h3,5,7,10H,1-2,4,6,8-9H2,(H,14,15). The topological polar surface area (TPSA) is 53.7 Å². The molecule has 1 unspecified atom stereocenters. The molecule has 88 valence electrons. The number of piperidine rings is 1. The monoisotopic (exact) mass is 223 g/mol. The lowest BCUT2D eigenvalue weighted by molar-refractivity contribution is -0.138. The number of nitrogens with zero attached hydrogens (tertiary/aromatic N) is 1. The summed E-state index contributed by atoms with van der Waals surface area (Å²) >= 11 is 0. The third kappa shape index (κ3) is 2.85. The quantitative estimate of drug-likeness (QED) is 0.849. The van der Waals surface area contributed by atoms with Crippen LogP contribution in [0.4, 0.5) is 0 Å². The first-order valence-corrected chi connectivity index (χ1v) is 5.74. The van der Waals surface area contributed by atoms with E-state index in [1.165, 1.54) is 0 Å². The lowest BCUT2D eigenvalue weighted by Gasteiger charge is -2.34. The SMILES string of the molecule is O=C(O)CC1CCCCN1Cc1ccco1. The van der Waals surface area contributed by atoms with Crippen molar-refractivity contribution in [2.45, 2.75) is 38.3 Å². The van der Waals surface area contributed by atoms with Crippen LogP contribution >= 0.6 is 0 Å². The number of aliphatic carboxylic acids is 1. The van der Waals surface area contributed by atoms with Crippen molar-refractivity contribution in [2.75, 3.05) is 6.54 Å². The molecule has 1 atom stereocenters. The second-order valence-electron chi connectivity index (χ2n) is 4.30. The number of hydrogen-bond acceptors (Lipinski definition) is 3. The zero-order chi connectivity index (χ0) is 11.4. The predicted molar refractivity (Wildman–Crippen MR) is 59.0 cm³/mol. The molecule has 0 spiro atoms. The first kappa shape index (κ1) is 11.2. The zero-order valence-corrected chi connectivity index (χ0v) is 9.26. The summed E-state index contributed by atoms with van der Waals surface area (Å²) < 4.78 is 5.30. The molecule has 1 saturated heterocycles. The molecule has 0 saturated carbocycles. The number of carbonyl (C=O) groups is 1. The van der Waals surface area contributed by atoms with Gasteiger partial charge in [0.15, 0.2) is 0 Å². The largest absolute Gasteiger partial charge is 0.481 e. The molecule has 1 aliphatic rings. The van der Waals surface area contributed by atoms with Gasteiger partial charge < -0.3 is 9.52 Å². The lowest BCUT2D eigenvalue weighted by atomic mass is 9.99. The molecule has 0 aliphatic carbocycles. The third-order valence-corrected chi connectivity index (χ3v) is 3.10. The van der Waals surface area contributed by atoms with Crippen molar-refractivity contribution >= 4 is 5.97 Å². The number of furan rings is 1. The molecule has 0 amide bonds. The highest BCUT2D eigenvalue weighted by molar-refractivity contribution is 5.67. The van der Waals surface area contributed by atoms with E-state index in [1.54, 1.807) is 6.26 Å². The first-order valence-electron chi connectivity index (χ1n) is 5.74. The zero-order valence-electron chi connectivity index (χ0n) is 9.26. The molecule has 1 aromatic heterocycles. The molecule has 0 aromatic carbocycles. The van der Waals surface area contributed by atoms with Gasteiger partial charge in [-0.3, -0.25) is 9.69 Å². The fourth-order valence-corrected chi connectivity index (χ4v) is 2.30. The van der Waals surface area contributed by atoms with Gasteiger partial charge in [0.2, 0.25) is 0 Å². The minimum Gasteiger partial charge on any atom is -0.481 e. The van der Waals surface area contributed by atoms with Crippen LogP contribution in [0.15, 0.2) is 22.8 Å². The predicted octanol–water partition coefficient (Wildman–Crippen LogP) is 2.11. The molecule has 0 radical (unpaired) electrons. The minimum absolute atomic E-state index is 0.163. The fraction of sp³-hybridized carbons (Fsp3) is 0.583. The Morgan fingerprint density at radius 3 is 3.12 bits per heavy atom. The van der Waals surface area contributed by atoms with Crippen molar-refractivity contribution in [1.82, 2.24) is 4.90 Å². The number of rotatable bonds is 4. The van der Waals surface area contributed by atoms with Crippen molar-refractivity contribution in [3.63, 3.8) is 0 Å². The van der Waals surface area contributed by atoms with E-state index in [4.69, 9.17) is 9.52 Å². The van der Waals surface area contributed by atoms with Gasteiger partial charge in [-0.2, -0.15) is 0 Å². The van der Waals surface area contributed by atoms with Gasteiger partial charge in [-0.25, -0.2) is 0 Å². The molecule has 16 heavy (non-hydrogen) atoms. The van der Waals surface area contributed by atoms with E-state index in [0.717, 1.165) is 38.1 Å². The van der Waals surface area contributed by atoms with Crippen LogP contribution in [0.25, 0.3) is 0 Å². The van der Waals surface area contributed by atoms with E-state index in [0.29, 0.717) is 0 Å². The molecule has 1 fully saturated rings. The number of carboxylic acids is 1. The number of hydrogen-bond donors (Lipinski definition) is 1. The summed E-state index contributed by atoms with van der Waals surface area (Å²) in [6.45, 7) is 1.70. The van der Waals surface area contributed by atoms with Crippen LogP contribution in [0, 0.1) is 0 Å². The smallest absolute Gasteiger partial charge is 0.304 e. The van der Waals surface area contributed by atoms with Gasteiger partial charge in [-0.15, -0.1) is 0 Å². The maximum atomic E-state index is 10.8. The second-order valence-corrected chi connectivity index (χ2v) is 4.30. The molecule has 1 aliphatic heterocycles. The second kappa shape index (κ2) is 5.16. The molecule has 4 nitrogen and oxygen atoms in total. The summed E-state index contributed by atoms with van der Waals surface area (Å²) in [4.78, 5) is 13.0. The summed E-state index contributed by atoms with van der Waals surface area (Å²) in [7, 11) is 0. The average molecular weight is 223 g/mol. The van der Waals surface area contributed by atoms with Gasteiger partial charge in [-0.1, -0.05) is 6.42 Å². The third-order valence-electron chi connectivity index (χ3n) is 3.10. The summed E-state index contributed by atoms with van der Waals surface area (Å²) in [6, 6.07) is 3.97. The van der Waals surface area contributed by atoms with Crippen LogP contribution in [0.1, 0.15) is 31.4 Å². The van der Waals surface area contributed by atoms with Crippen LogP contribution in [0.5, 0.6) is 0 Å². The van der Waals surface area contributed by atoms with Gasteiger partial charge >= 0.3 is 5.97 Å². The Bertz CT molecular complexity index is 334. The summed E-state index contributed by atoms with van der Waals surface area (Å²) in [5.74, 6) is 0.202. The Morgan fingerprint density at radius 2 is 2.44 bits per heavy atom. The van der Waals surface area contributed by atoms with E-state index in [9.17, 15) is 4.79 Å². The normalized spacial score (nSPS) is 22.1. The van der Waals surface area contributed by atoms with Crippen LogP contribution in [0.3, 0.4) is 0 Å². The summed E-state index contributed by atoms with van der Waals surface area (Å²) in [5, 5.41) is 8.86. The van der Waals surface area contributed by atoms with E-state index in [2.05, 4.69) is 4.90 Å². The van der Waals surface area contributed by atoms with Crippen molar-refractivity contribution in [3.8, 4) is 0 Å². The van der Waals surface area contributed by atoms with E-state index in [1.807, 2.05) is 12.1 Å². The molecular weight excluding hydrogens is 206 g/mol. The molecule has 0 bridgehead atoms. The Hall–Kier alpha value is -1.29. The van der Waals surface area contributed by atoms with E-state index < -0.39 is 5.97 Å². The van der Waals surface area contributed by atoms with E-state index in [-0.39, 0.29) is 12.5 Å². The highest BCUT2D eigenvalue weighted by Gasteiger charge is 2.24. The molecule has 1 aromatic rings. The number of carboxylic acid groups (broad SMARTS) is 1. The Kier molecular flexibility index (Phi) is 3.62. The molecular formula is C12H17NO3. The first-order chi connectivity index (χ1) is 7.75. The summed E-state index contributed by atoms with van der Waals surface area (Å²) in [5.41, 5.74) is 0. The number of likely N-dealkylation sites (tertiary alicyclic amines) is 1. The summed E-state index contributed by atoms with van der Waals surface area (Å²) in [6.07, 6.45) is 5.16. The van der Waals surface area contributed by atoms with Gasteiger partial charge in [-0.05, 0) is 31.5 Å². The maximum Gasteiger partial charge on any atom is 0.304 e. The minimum atomic E-state index is -0.712. The van der Waals surface area contributed by atoms with Crippen molar-refractivity contribution in [2.24, 2.45) is 0 Å². The van der Waals surface area contributed by atoms with Crippen LogP contribution < -0.4 is 0 Å². The molecule has 4 heteroatoms. The lowest BCUT2D eigenvalue weighted by Crippen LogP contribution is -2.40. The van der Waals surface area contributed by atoms with Gasteiger partial charge in [0.1, 0.15) is 5.76 Å². The molecule has 1 N–H and O–H groups in total. The van der Waals surface area contributed by atoms with E-state index >= 15 is 0 Å². The van der Waals surface area contributed by atoms with Gasteiger partial charge in [0.25, 0.3) is 0 Å². The highest BCUT2D eigenvalue weighted by atomic mass is 16.4. The van der Waals surface area contributed by atoms with Crippen LogP contribution in [-0.4, -0.2) is 28.6 Å². The van der Waals surface area contributed by atoms with Crippen molar-refractivity contribution < 1.29 is 14.3 Å². The van der Waals surface area contributed by atoms with Crippen LogP contribution in [-0.2, 0) is 11.3 Å². The Labute approximate surface area is 94.9 Å². The van der Waals surface area contributed by atoms with Crippen molar-refractivity contribution in [1.29, 1.82) is 0 Å². The van der Waals surface area contributed by atoms with Crippen molar-refractivity contribution in [3.05, 3.63) is 24.2 Å². The average Bonchev–Trinajstić information content (AvgIpc) is 2.73. The maximum absolute atomic E-state index is 10.8. The van der Waals surface area contributed by atoms with Gasteiger partial charge in [0, 0.05) is 6.04 Å².